The number of nitrogens with one attached hydrogen (secondary N) is 1. The molecule has 0 bridgehead atoms. The fraction of sp³-hybridized carbons (Fsp3) is 0.222. The van der Waals surface area contributed by atoms with Crippen molar-refractivity contribution in [1.29, 1.82) is 0 Å². The summed E-state index contributed by atoms with van der Waals surface area (Å²) in [7, 11) is 0. The molecule has 0 saturated heterocycles. The number of halogens is 1. The molecule has 2 aromatic carbocycles. The number of hydrogen-bond donors (Lipinski definition) is 1. The third kappa shape index (κ3) is 6.26. The number of thioether (sulfide) groups is 1. The van der Waals surface area contributed by atoms with E-state index >= 15 is 0 Å². The highest BCUT2D eigenvalue weighted by molar-refractivity contribution is 8.00. The lowest BCUT2D eigenvalue weighted by atomic mass is 10.2. The van der Waals surface area contributed by atoms with Crippen molar-refractivity contribution in [2.45, 2.75) is 23.6 Å². The van der Waals surface area contributed by atoms with Crippen LogP contribution in [0.2, 0.25) is 5.02 Å². The van der Waals surface area contributed by atoms with Crippen molar-refractivity contribution in [3.63, 3.8) is 0 Å². The second-order valence-electron chi connectivity index (χ2n) is 5.08. The van der Waals surface area contributed by atoms with E-state index in [4.69, 9.17) is 16.3 Å². The van der Waals surface area contributed by atoms with E-state index in [0.29, 0.717) is 11.6 Å². The highest BCUT2D eigenvalue weighted by Gasteiger charge is 2.17. The fourth-order valence-electron chi connectivity index (χ4n) is 1.86. The molecule has 1 N–H and O–H groups in total. The minimum Gasteiger partial charge on any atom is -0.455 e. The van der Waals surface area contributed by atoms with Gasteiger partial charge in [-0.25, -0.2) is 0 Å². The first-order chi connectivity index (χ1) is 11.5. The van der Waals surface area contributed by atoms with Crippen LogP contribution in [0.15, 0.2) is 59.5 Å². The number of esters is 1. The van der Waals surface area contributed by atoms with Crippen LogP contribution < -0.4 is 5.32 Å². The van der Waals surface area contributed by atoms with Crippen LogP contribution in [0.3, 0.4) is 0 Å². The van der Waals surface area contributed by atoms with Crippen LogP contribution >= 0.6 is 23.4 Å². The van der Waals surface area contributed by atoms with Crippen molar-refractivity contribution >= 4 is 35.2 Å². The molecule has 4 nitrogen and oxygen atoms in total. The van der Waals surface area contributed by atoms with Gasteiger partial charge in [0.2, 0.25) is 0 Å². The molecular weight excluding hydrogens is 346 g/mol. The average molecular weight is 364 g/mol. The smallest absolute Gasteiger partial charge is 0.319 e. The predicted octanol–water partition coefficient (Wildman–Crippen LogP) is 3.68. The third-order valence-corrected chi connectivity index (χ3v) is 4.48. The van der Waals surface area contributed by atoms with E-state index in [0.717, 1.165) is 10.5 Å². The van der Waals surface area contributed by atoms with E-state index in [2.05, 4.69) is 5.32 Å². The first kappa shape index (κ1) is 18.4. The summed E-state index contributed by atoms with van der Waals surface area (Å²) in [4.78, 5) is 24.7. The molecule has 0 spiro atoms. The van der Waals surface area contributed by atoms with Crippen LogP contribution in [-0.2, 0) is 20.9 Å². The van der Waals surface area contributed by atoms with Crippen molar-refractivity contribution in [3.05, 3.63) is 65.2 Å². The largest absolute Gasteiger partial charge is 0.455 e. The van der Waals surface area contributed by atoms with Crippen molar-refractivity contribution < 1.29 is 14.3 Å². The number of rotatable bonds is 7. The molecule has 1 amide bonds. The van der Waals surface area contributed by atoms with Crippen molar-refractivity contribution in [3.8, 4) is 0 Å². The first-order valence-electron chi connectivity index (χ1n) is 7.44. The van der Waals surface area contributed by atoms with Gasteiger partial charge >= 0.3 is 5.97 Å². The molecule has 0 aliphatic heterocycles. The van der Waals surface area contributed by atoms with Crippen LogP contribution in [0.5, 0.6) is 0 Å². The Kier molecular flexibility index (Phi) is 7.15. The molecule has 126 valence electrons. The Labute approximate surface area is 150 Å². The number of carbonyl (C=O) groups is 2. The van der Waals surface area contributed by atoms with Gasteiger partial charge in [0.15, 0.2) is 6.61 Å². The minimum atomic E-state index is -0.412. The molecule has 0 aromatic heterocycles. The van der Waals surface area contributed by atoms with Crippen LogP contribution in [0.4, 0.5) is 0 Å². The summed E-state index contributed by atoms with van der Waals surface area (Å²) in [5.41, 5.74) is 0.923. The summed E-state index contributed by atoms with van der Waals surface area (Å²) in [6, 6.07) is 16.7. The van der Waals surface area contributed by atoms with Gasteiger partial charge in [0, 0.05) is 16.5 Å². The SMILES string of the molecule is C[C@H](Sc1ccccc1)C(=O)OCC(=O)NCc1ccc(Cl)cc1. The summed E-state index contributed by atoms with van der Waals surface area (Å²) in [6.07, 6.45) is 0. The Morgan fingerprint density at radius 2 is 1.79 bits per heavy atom. The van der Waals surface area contributed by atoms with Gasteiger partial charge in [-0.15, -0.1) is 11.8 Å². The predicted molar refractivity (Wildman–Crippen MR) is 96.0 cm³/mol. The van der Waals surface area contributed by atoms with E-state index in [9.17, 15) is 9.59 Å². The second kappa shape index (κ2) is 9.35. The van der Waals surface area contributed by atoms with Gasteiger partial charge in [0.05, 0.1) is 0 Å². The third-order valence-electron chi connectivity index (χ3n) is 3.14. The molecule has 0 unspecified atom stereocenters. The molecular formula is C18H18ClNO3S. The van der Waals surface area contributed by atoms with Gasteiger partial charge < -0.3 is 10.1 Å². The average Bonchev–Trinajstić information content (AvgIpc) is 2.60. The van der Waals surface area contributed by atoms with E-state index in [1.807, 2.05) is 42.5 Å². The van der Waals surface area contributed by atoms with Crippen molar-refractivity contribution in [2.75, 3.05) is 6.61 Å². The van der Waals surface area contributed by atoms with Gasteiger partial charge in [-0.05, 0) is 36.8 Å². The van der Waals surface area contributed by atoms with E-state index in [1.54, 1.807) is 19.1 Å². The Bertz CT molecular complexity index is 676. The minimum absolute atomic E-state index is 0.286. The molecule has 2 aromatic rings. The zero-order chi connectivity index (χ0) is 17.4. The van der Waals surface area contributed by atoms with Gasteiger partial charge in [-0.2, -0.15) is 0 Å². The quantitative estimate of drug-likeness (QED) is 0.602. The Morgan fingerprint density at radius 1 is 1.12 bits per heavy atom. The number of carbonyl (C=O) groups excluding carboxylic acids is 2. The molecule has 0 heterocycles. The maximum Gasteiger partial charge on any atom is 0.319 e. The zero-order valence-electron chi connectivity index (χ0n) is 13.2. The van der Waals surface area contributed by atoms with Crippen LogP contribution in [0, 0.1) is 0 Å². The van der Waals surface area contributed by atoms with Gasteiger partial charge in [0.1, 0.15) is 5.25 Å². The normalized spacial score (nSPS) is 11.6. The molecule has 6 heteroatoms. The molecule has 1 atom stereocenters. The molecule has 24 heavy (non-hydrogen) atoms. The number of ether oxygens (including phenoxy) is 1. The molecule has 0 fully saturated rings. The van der Waals surface area contributed by atoms with Gasteiger partial charge in [-0.1, -0.05) is 41.9 Å². The fourth-order valence-corrected chi connectivity index (χ4v) is 2.87. The monoisotopic (exact) mass is 363 g/mol. The van der Waals surface area contributed by atoms with Crippen LogP contribution in [0.25, 0.3) is 0 Å². The summed E-state index contributed by atoms with van der Waals surface area (Å²) in [5, 5.41) is 2.96. The highest BCUT2D eigenvalue weighted by Crippen LogP contribution is 2.23. The summed E-state index contributed by atoms with van der Waals surface area (Å²) in [5.74, 6) is -0.749. The topological polar surface area (TPSA) is 55.4 Å². The molecule has 2 rings (SSSR count). The summed E-state index contributed by atoms with van der Waals surface area (Å²) >= 11 is 7.20. The standard InChI is InChI=1S/C18H18ClNO3S/c1-13(24-16-5-3-2-4-6-16)18(22)23-12-17(21)20-11-14-7-9-15(19)10-8-14/h2-10,13H,11-12H2,1H3,(H,20,21)/t13-/m0/s1. The highest BCUT2D eigenvalue weighted by atomic mass is 35.5. The molecule has 0 radical (unpaired) electrons. The van der Waals surface area contributed by atoms with E-state index in [-0.39, 0.29) is 17.8 Å². The van der Waals surface area contributed by atoms with Crippen LogP contribution in [-0.4, -0.2) is 23.7 Å². The zero-order valence-corrected chi connectivity index (χ0v) is 14.8. The Balaban J connectivity index is 1.70. The lowest BCUT2D eigenvalue weighted by Gasteiger charge is -2.11. The summed E-state index contributed by atoms with van der Waals surface area (Å²) < 4.78 is 5.05. The number of benzene rings is 2. The van der Waals surface area contributed by atoms with Crippen molar-refractivity contribution in [2.24, 2.45) is 0 Å². The van der Waals surface area contributed by atoms with Gasteiger partial charge in [0.25, 0.3) is 5.91 Å². The molecule has 0 saturated carbocycles. The lowest BCUT2D eigenvalue weighted by molar-refractivity contribution is -0.147. The number of amides is 1. The number of hydrogen-bond acceptors (Lipinski definition) is 4. The first-order valence-corrected chi connectivity index (χ1v) is 8.70. The summed E-state index contributed by atoms with van der Waals surface area (Å²) in [6.45, 7) is 1.83. The molecule has 0 aliphatic carbocycles. The second-order valence-corrected chi connectivity index (χ2v) is 6.93. The maximum absolute atomic E-state index is 11.9. The lowest BCUT2D eigenvalue weighted by Crippen LogP contribution is -2.30. The van der Waals surface area contributed by atoms with E-state index in [1.165, 1.54) is 11.8 Å². The van der Waals surface area contributed by atoms with E-state index < -0.39 is 5.97 Å². The maximum atomic E-state index is 11.9. The van der Waals surface area contributed by atoms with Crippen LogP contribution in [0.1, 0.15) is 12.5 Å². The molecule has 0 aliphatic rings. The van der Waals surface area contributed by atoms with Crippen molar-refractivity contribution in [1.82, 2.24) is 5.32 Å². The Morgan fingerprint density at radius 3 is 2.46 bits per heavy atom. The Hall–Kier alpha value is -1.98. The van der Waals surface area contributed by atoms with Gasteiger partial charge in [-0.3, -0.25) is 9.59 Å².